The lowest BCUT2D eigenvalue weighted by molar-refractivity contribution is -0.126. The van der Waals surface area contributed by atoms with E-state index in [-0.39, 0.29) is 12.5 Å². The summed E-state index contributed by atoms with van der Waals surface area (Å²) in [5.41, 5.74) is 0. The van der Waals surface area contributed by atoms with Gasteiger partial charge in [-0.1, -0.05) is 33.1 Å². The van der Waals surface area contributed by atoms with E-state index in [0.29, 0.717) is 26.4 Å². The van der Waals surface area contributed by atoms with Crippen LogP contribution in [0.25, 0.3) is 0 Å². The molecule has 0 aliphatic heterocycles. The molecule has 0 rings (SSSR count). The fraction of sp³-hybridized carbons (Fsp3) is 0.933. The zero-order chi connectivity index (χ0) is 14.9. The summed E-state index contributed by atoms with van der Waals surface area (Å²) >= 11 is 0. The van der Waals surface area contributed by atoms with E-state index in [1.807, 2.05) is 0 Å². The van der Waals surface area contributed by atoms with E-state index in [9.17, 15) is 4.79 Å². The molecule has 0 spiro atoms. The van der Waals surface area contributed by atoms with Gasteiger partial charge in [0.1, 0.15) is 6.61 Å². The molecule has 0 saturated heterocycles. The highest BCUT2D eigenvalue weighted by Crippen LogP contribution is 1.91. The van der Waals surface area contributed by atoms with Crippen LogP contribution in [0.4, 0.5) is 0 Å². The standard InChI is InChI=1S/C15H31NO4/c1-3-5-7-8-16-15(17)14-20-13-12-19-11-10-18-9-6-4-2/h3-14H2,1-2H3,(H,16,17). The van der Waals surface area contributed by atoms with Crippen molar-refractivity contribution in [2.75, 3.05) is 46.2 Å². The van der Waals surface area contributed by atoms with E-state index < -0.39 is 0 Å². The van der Waals surface area contributed by atoms with Crippen LogP contribution in [0.3, 0.4) is 0 Å². The summed E-state index contributed by atoms with van der Waals surface area (Å²) in [5, 5.41) is 2.82. The third kappa shape index (κ3) is 15.4. The molecule has 0 aliphatic rings. The van der Waals surface area contributed by atoms with Gasteiger partial charge in [0.25, 0.3) is 0 Å². The fourth-order valence-electron chi connectivity index (χ4n) is 1.50. The first-order valence-electron chi connectivity index (χ1n) is 7.81. The van der Waals surface area contributed by atoms with Crippen molar-refractivity contribution < 1.29 is 19.0 Å². The number of ether oxygens (including phenoxy) is 3. The Morgan fingerprint density at radius 1 is 0.800 bits per heavy atom. The van der Waals surface area contributed by atoms with E-state index in [4.69, 9.17) is 14.2 Å². The van der Waals surface area contributed by atoms with E-state index in [2.05, 4.69) is 19.2 Å². The van der Waals surface area contributed by atoms with E-state index in [1.165, 1.54) is 0 Å². The first-order valence-corrected chi connectivity index (χ1v) is 7.81. The van der Waals surface area contributed by atoms with Gasteiger partial charge in [0.15, 0.2) is 0 Å². The number of hydrogen-bond acceptors (Lipinski definition) is 4. The molecule has 0 fully saturated rings. The van der Waals surface area contributed by atoms with Gasteiger partial charge in [-0.25, -0.2) is 0 Å². The average molecular weight is 289 g/mol. The Hall–Kier alpha value is -0.650. The van der Waals surface area contributed by atoms with Gasteiger partial charge in [-0.3, -0.25) is 4.79 Å². The number of carbonyl (C=O) groups excluding carboxylic acids is 1. The minimum absolute atomic E-state index is 0.0518. The number of unbranched alkanes of at least 4 members (excludes halogenated alkanes) is 3. The maximum absolute atomic E-state index is 11.3. The highest BCUT2D eigenvalue weighted by Gasteiger charge is 2.00. The smallest absolute Gasteiger partial charge is 0.245 e. The largest absolute Gasteiger partial charge is 0.379 e. The van der Waals surface area contributed by atoms with Crippen LogP contribution in [0.1, 0.15) is 46.0 Å². The van der Waals surface area contributed by atoms with Crippen molar-refractivity contribution in [3.05, 3.63) is 0 Å². The normalized spacial score (nSPS) is 10.7. The Kier molecular flexibility index (Phi) is 15.9. The summed E-state index contributed by atoms with van der Waals surface area (Å²) < 4.78 is 15.9. The monoisotopic (exact) mass is 289 g/mol. The molecule has 0 unspecified atom stereocenters. The van der Waals surface area contributed by atoms with Crippen LogP contribution < -0.4 is 5.32 Å². The lowest BCUT2D eigenvalue weighted by Gasteiger charge is -2.07. The molecule has 0 aromatic heterocycles. The number of nitrogens with one attached hydrogen (secondary N) is 1. The molecule has 0 aromatic rings. The Balaban J connectivity index is 3.09. The van der Waals surface area contributed by atoms with Crippen LogP contribution >= 0.6 is 0 Å². The average Bonchev–Trinajstić information content (AvgIpc) is 2.45. The first kappa shape index (κ1) is 19.4. The molecule has 0 atom stereocenters. The van der Waals surface area contributed by atoms with Gasteiger partial charge in [-0.15, -0.1) is 0 Å². The van der Waals surface area contributed by atoms with Crippen molar-refractivity contribution in [1.82, 2.24) is 5.32 Å². The molecule has 1 N–H and O–H groups in total. The molecule has 0 radical (unpaired) electrons. The lowest BCUT2D eigenvalue weighted by atomic mass is 10.2. The minimum atomic E-state index is -0.0518. The predicted octanol–water partition coefficient (Wildman–Crippen LogP) is 2.14. The van der Waals surface area contributed by atoms with Gasteiger partial charge < -0.3 is 19.5 Å². The summed E-state index contributed by atoms with van der Waals surface area (Å²) in [6.07, 6.45) is 5.58. The molecule has 0 saturated carbocycles. The first-order chi connectivity index (χ1) is 9.81. The van der Waals surface area contributed by atoms with Crippen molar-refractivity contribution in [1.29, 1.82) is 0 Å². The summed E-state index contributed by atoms with van der Waals surface area (Å²) in [6.45, 7) is 8.07. The SMILES string of the molecule is CCCCCNC(=O)COCCOCCOCCCC. The van der Waals surface area contributed by atoms with Crippen molar-refractivity contribution in [3.8, 4) is 0 Å². The van der Waals surface area contributed by atoms with E-state index >= 15 is 0 Å². The van der Waals surface area contributed by atoms with Crippen molar-refractivity contribution >= 4 is 5.91 Å². The third-order valence-electron chi connectivity index (χ3n) is 2.72. The van der Waals surface area contributed by atoms with Gasteiger partial charge in [0, 0.05) is 13.2 Å². The van der Waals surface area contributed by atoms with Crippen molar-refractivity contribution in [2.45, 2.75) is 46.0 Å². The number of hydrogen-bond donors (Lipinski definition) is 1. The molecule has 5 heteroatoms. The zero-order valence-electron chi connectivity index (χ0n) is 13.1. The molecule has 0 bridgehead atoms. The topological polar surface area (TPSA) is 56.8 Å². The van der Waals surface area contributed by atoms with Gasteiger partial charge >= 0.3 is 0 Å². The molecule has 0 aliphatic carbocycles. The fourth-order valence-corrected chi connectivity index (χ4v) is 1.50. The quantitative estimate of drug-likeness (QED) is 0.469. The molecule has 1 amide bonds. The van der Waals surface area contributed by atoms with Gasteiger partial charge in [0.05, 0.1) is 26.4 Å². The second kappa shape index (κ2) is 16.4. The highest BCUT2D eigenvalue weighted by atomic mass is 16.5. The van der Waals surface area contributed by atoms with E-state index in [0.717, 1.165) is 45.3 Å². The van der Waals surface area contributed by atoms with E-state index in [1.54, 1.807) is 0 Å². The van der Waals surface area contributed by atoms with Crippen LogP contribution in [0.5, 0.6) is 0 Å². The number of amides is 1. The number of rotatable bonds is 15. The van der Waals surface area contributed by atoms with Gasteiger partial charge in [0.2, 0.25) is 5.91 Å². The second-order valence-corrected chi connectivity index (χ2v) is 4.69. The molecular weight excluding hydrogens is 258 g/mol. The third-order valence-corrected chi connectivity index (χ3v) is 2.72. The van der Waals surface area contributed by atoms with Crippen molar-refractivity contribution in [2.24, 2.45) is 0 Å². The van der Waals surface area contributed by atoms with Crippen LogP contribution in [0.2, 0.25) is 0 Å². The van der Waals surface area contributed by atoms with Gasteiger partial charge in [-0.2, -0.15) is 0 Å². The Bertz CT molecular complexity index is 212. The Morgan fingerprint density at radius 2 is 1.40 bits per heavy atom. The summed E-state index contributed by atoms with van der Waals surface area (Å²) in [7, 11) is 0. The van der Waals surface area contributed by atoms with Crippen LogP contribution in [-0.4, -0.2) is 52.1 Å². The lowest BCUT2D eigenvalue weighted by Crippen LogP contribution is -2.29. The molecule has 0 heterocycles. The molecule has 5 nitrogen and oxygen atoms in total. The number of carbonyl (C=O) groups is 1. The molecular formula is C15H31NO4. The highest BCUT2D eigenvalue weighted by molar-refractivity contribution is 5.77. The molecule has 0 aromatic carbocycles. The Labute approximate surface area is 123 Å². The molecule has 20 heavy (non-hydrogen) atoms. The van der Waals surface area contributed by atoms with Crippen LogP contribution in [-0.2, 0) is 19.0 Å². The van der Waals surface area contributed by atoms with Crippen LogP contribution in [0.15, 0.2) is 0 Å². The maximum atomic E-state index is 11.3. The summed E-state index contributed by atoms with van der Waals surface area (Å²) in [4.78, 5) is 11.3. The molecule has 120 valence electrons. The maximum Gasteiger partial charge on any atom is 0.245 e. The van der Waals surface area contributed by atoms with Crippen LogP contribution in [0, 0.1) is 0 Å². The predicted molar refractivity (Wildman–Crippen MR) is 79.9 cm³/mol. The Morgan fingerprint density at radius 3 is 2.05 bits per heavy atom. The second-order valence-electron chi connectivity index (χ2n) is 4.69. The zero-order valence-corrected chi connectivity index (χ0v) is 13.1. The van der Waals surface area contributed by atoms with Crippen molar-refractivity contribution in [3.63, 3.8) is 0 Å². The van der Waals surface area contributed by atoms with Gasteiger partial charge in [-0.05, 0) is 12.8 Å². The summed E-state index contributed by atoms with van der Waals surface area (Å²) in [6, 6.07) is 0. The summed E-state index contributed by atoms with van der Waals surface area (Å²) in [5.74, 6) is -0.0518. The minimum Gasteiger partial charge on any atom is -0.379 e.